The zero-order valence-corrected chi connectivity index (χ0v) is 14.9. The SMILES string of the molecule is C=CC(=O)NCCC[N+](C)(C)C.C=CC(N)=O.COS(=O)(=O)[O-]. The van der Waals surface area contributed by atoms with Crippen molar-refractivity contribution in [3.8, 4) is 0 Å². The highest BCUT2D eigenvalue weighted by Crippen LogP contribution is 1.91. The molecule has 0 aromatic carbocycles. The van der Waals surface area contributed by atoms with Gasteiger partial charge in [-0.05, 0) is 12.2 Å². The number of quaternary nitrogens is 1. The molecule has 0 atom stereocenters. The largest absolute Gasteiger partial charge is 0.726 e. The Labute approximate surface area is 138 Å². The van der Waals surface area contributed by atoms with Crippen molar-refractivity contribution < 1.29 is 31.2 Å². The quantitative estimate of drug-likeness (QED) is 0.201. The molecule has 0 unspecified atom stereocenters. The number of hydrogen-bond acceptors (Lipinski definition) is 6. The lowest BCUT2D eigenvalue weighted by atomic mass is 10.3. The van der Waals surface area contributed by atoms with E-state index >= 15 is 0 Å². The van der Waals surface area contributed by atoms with E-state index < -0.39 is 16.3 Å². The molecule has 0 bridgehead atoms. The lowest BCUT2D eigenvalue weighted by Crippen LogP contribution is -2.37. The van der Waals surface area contributed by atoms with E-state index in [-0.39, 0.29) is 5.91 Å². The topological polar surface area (TPSA) is 139 Å². The number of amides is 2. The molecule has 0 heterocycles. The van der Waals surface area contributed by atoms with Gasteiger partial charge in [-0.25, -0.2) is 8.42 Å². The summed E-state index contributed by atoms with van der Waals surface area (Å²) in [7, 11) is 2.80. The smallest absolute Gasteiger partial charge is 0.243 e. The summed E-state index contributed by atoms with van der Waals surface area (Å²) in [6.07, 6.45) is 3.36. The predicted octanol–water partition coefficient (Wildman–Crippen LogP) is -0.864. The Hall–Kier alpha value is -1.75. The molecule has 2 amide bonds. The van der Waals surface area contributed by atoms with Gasteiger partial charge in [0.15, 0.2) is 0 Å². The fraction of sp³-hybridized carbons (Fsp3) is 0.538. The van der Waals surface area contributed by atoms with Crippen molar-refractivity contribution in [2.75, 3.05) is 41.3 Å². The average molecular weight is 353 g/mol. The van der Waals surface area contributed by atoms with Crippen LogP contribution in [-0.2, 0) is 24.2 Å². The number of rotatable bonds is 7. The molecule has 10 heteroatoms. The van der Waals surface area contributed by atoms with E-state index in [1.165, 1.54) is 6.08 Å². The third kappa shape index (κ3) is 38.4. The second kappa shape index (κ2) is 13.9. The van der Waals surface area contributed by atoms with E-state index in [0.717, 1.165) is 37.2 Å². The fourth-order valence-corrected chi connectivity index (χ4v) is 0.837. The zero-order chi connectivity index (χ0) is 19.1. The molecule has 0 rings (SSSR count). The fourth-order valence-electron chi connectivity index (χ4n) is 0.837. The highest BCUT2D eigenvalue weighted by Gasteiger charge is 2.05. The second-order valence-corrected chi connectivity index (χ2v) is 6.19. The second-order valence-electron chi connectivity index (χ2n) is 5.04. The van der Waals surface area contributed by atoms with Gasteiger partial charge in [0, 0.05) is 13.0 Å². The van der Waals surface area contributed by atoms with Gasteiger partial charge in [-0.15, -0.1) is 0 Å². The third-order valence-corrected chi connectivity index (χ3v) is 2.30. The van der Waals surface area contributed by atoms with Crippen molar-refractivity contribution in [2.45, 2.75) is 6.42 Å². The maximum Gasteiger partial charge on any atom is 0.243 e. The molecule has 9 nitrogen and oxygen atoms in total. The summed E-state index contributed by atoms with van der Waals surface area (Å²) in [5.41, 5.74) is 4.53. The molecule has 0 aliphatic rings. The molecule has 0 aromatic heterocycles. The number of primary amides is 1. The molecule has 3 N–H and O–H groups in total. The maximum absolute atomic E-state index is 10.7. The molecule has 0 aliphatic heterocycles. The van der Waals surface area contributed by atoms with E-state index in [2.05, 4.69) is 49.5 Å². The molecule has 0 spiro atoms. The predicted molar refractivity (Wildman–Crippen MR) is 86.8 cm³/mol. The van der Waals surface area contributed by atoms with E-state index in [9.17, 15) is 22.6 Å². The van der Waals surface area contributed by atoms with Crippen molar-refractivity contribution in [3.63, 3.8) is 0 Å². The van der Waals surface area contributed by atoms with Gasteiger partial charge in [-0.1, -0.05) is 13.2 Å². The average Bonchev–Trinajstić information content (AvgIpc) is 2.42. The first-order valence-electron chi connectivity index (χ1n) is 6.43. The Morgan fingerprint density at radius 3 is 1.87 bits per heavy atom. The van der Waals surface area contributed by atoms with Crippen LogP contribution in [0.5, 0.6) is 0 Å². The van der Waals surface area contributed by atoms with E-state index in [0.29, 0.717) is 0 Å². The Morgan fingerprint density at radius 1 is 1.26 bits per heavy atom. The summed E-state index contributed by atoms with van der Waals surface area (Å²) in [6.45, 7) is 8.26. The molecular formula is C13H27N3O6S. The van der Waals surface area contributed by atoms with Gasteiger partial charge < -0.3 is 20.1 Å². The lowest BCUT2D eigenvalue weighted by Gasteiger charge is -2.23. The Bertz CT molecular complexity index is 469. The van der Waals surface area contributed by atoms with Crippen molar-refractivity contribution in [2.24, 2.45) is 5.73 Å². The molecule has 0 saturated carbocycles. The van der Waals surface area contributed by atoms with Crippen LogP contribution in [-0.4, -0.2) is 70.6 Å². The molecule has 0 saturated heterocycles. The minimum absolute atomic E-state index is 0.0867. The van der Waals surface area contributed by atoms with Gasteiger partial charge in [0.05, 0.1) is 34.8 Å². The Morgan fingerprint density at radius 2 is 1.65 bits per heavy atom. The van der Waals surface area contributed by atoms with Crippen LogP contribution in [0.3, 0.4) is 0 Å². The van der Waals surface area contributed by atoms with E-state index in [4.69, 9.17) is 0 Å². The molecular weight excluding hydrogens is 326 g/mol. The van der Waals surface area contributed by atoms with Gasteiger partial charge in [-0.3, -0.25) is 13.8 Å². The maximum atomic E-state index is 10.7. The van der Waals surface area contributed by atoms with Crippen molar-refractivity contribution >= 4 is 22.2 Å². The highest BCUT2D eigenvalue weighted by molar-refractivity contribution is 7.80. The van der Waals surface area contributed by atoms with Gasteiger partial charge >= 0.3 is 0 Å². The Balaban J connectivity index is -0.000000303. The molecule has 23 heavy (non-hydrogen) atoms. The summed E-state index contributed by atoms with van der Waals surface area (Å²) < 4.78 is 32.0. The van der Waals surface area contributed by atoms with Crippen LogP contribution < -0.4 is 11.1 Å². The first-order valence-corrected chi connectivity index (χ1v) is 7.76. The molecule has 136 valence electrons. The molecule has 0 aromatic rings. The van der Waals surface area contributed by atoms with Crippen LogP contribution >= 0.6 is 0 Å². The highest BCUT2D eigenvalue weighted by atomic mass is 32.3. The molecule has 0 fully saturated rings. The van der Waals surface area contributed by atoms with Crippen LogP contribution in [0.15, 0.2) is 25.3 Å². The van der Waals surface area contributed by atoms with E-state index in [1.807, 2.05) is 0 Å². The van der Waals surface area contributed by atoms with E-state index in [1.54, 1.807) is 0 Å². The van der Waals surface area contributed by atoms with Crippen LogP contribution in [0.25, 0.3) is 0 Å². The molecule has 0 radical (unpaired) electrons. The van der Waals surface area contributed by atoms with Crippen LogP contribution in [0.4, 0.5) is 0 Å². The van der Waals surface area contributed by atoms with Gasteiger partial charge in [-0.2, -0.15) is 0 Å². The van der Waals surface area contributed by atoms with Gasteiger partial charge in [0.25, 0.3) is 0 Å². The van der Waals surface area contributed by atoms with Crippen molar-refractivity contribution in [1.82, 2.24) is 5.32 Å². The monoisotopic (exact) mass is 353 g/mol. The Kier molecular flexibility index (Phi) is 15.8. The minimum atomic E-state index is -4.41. The number of nitrogens with two attached hydrogens (primary N) is 1. The number of nitrogens with one attached hydrogen (secondary N) is 1. The van der Waals surface area contributed by atoms with Gasteiger partial charge in [0.2, 0.25) is 22.2 Å². The summed E-state index contributed by atoms with van der Waals surface area (Å²) in [5.74, 6) is -0.568. The van der Waals surface area contributed by atoms with Crippen molar-refractivity contribution in [3.05, 3.63) is 25.3 Å². The molecule has 0 aliphatic carbocycles. The number of hydrogen-bond donors (Lipinski definition) is 2. The standard InChI is InChI=1S/C9H18N2O.C3H5NO.CH4O4S/c1-5-9(12)10-7-6-8-11(2,3)4;1-2-3(4)5;1-5-6(2,3)4/h5H,1,6-8H2,2-4H3;2H,1H2,(H2,4,5);1H3,(H,2,3,4). The minimum Gasteiger partial charge on any atom is -0.726 e. The normalized spacial score (nSPS) is 10.1. The summed E-state index contributed by atoms with van der Waals surface area (Å²) in [4.78, 5) is 20.2. The number of nitrogens with zero attached hydrogens (tertiary/aromatic N) is 1. The summed E-state index contributed by atoms with van der Waals surface area (Å²) in [6, 6.07) is 0. The van der Waals surface area contributed by atoms with Crippen LogP contribution in [0, 0.1) is 0 Å². The first-order chi connectivity index (χ1) is 10.3. The number of carbonyl (C=O) groups excluding carboxylic acids is 2. The zero-order valence-electron chi connectivity index (χ0n) is 14.1. The first kappa shape index (κ1) is 26.2. The third-order valence-electron chi connectivity index (χ3n) is 1.90. The summed E-state index contributed by atoms with van der Waals surface area (Å²) >= 11 is 0. The summed E-state index contributed by atoms with van der Waals surface area (Å²) in [5, 5.41) is 2.74. The van der Waals surface area contributed by atoms with Gasteiger partial charge in [0.1, 0.15) is 0 Å². The number of carbonyl (C=O) groups is 2. The van der Waals surface area contributed by atoms with Crippen LogP contribution in [0.2, 0.25) is 0 Å². The van der Waals surface area contributed by atoms with Crippen molar-refractivity contribution in [1.29, 1.82) is 0 Å². The lowest BCUT2D eigenvalue weighted by molar-refractivity contribution is -0.870. The van der Waals surface area contributed by atoms with Crippen LogP contribution in [0.1, 0.15) is 6.42 Å².